The molecule has 0 aromatic carbocycles. The zero-order valence-electron chi connectivity index (χ0n) is 12.5. The first-order valence-electron chi connectivity index (χ1n) is 6.75. The molecule has 2 rings (SSSR count). The number of hydrogen-bond donors (Lipinski definition) is 1. The number of Topliss-reactive ketones (excluding diaryl/α,β-unsaturated/α-hetero) is 1. The summed E-state index contributed by atoms with van der Waals surface area (Å²) in [6.45, 7) is 3.82. The number of anilines is 1. The Balaban J connectivity index is 2.32. The van der Waals surface area contributed by atoms with Crippen molar-refractivity contribution in [2.24, 2.45) is 14.1 Å². The van der Waals surface area contributed by atoms with Crippen molar-refractivity contribution in [1.82, 2.24) is 14.0 Å². The molecule has 8 heteroatoms. The average molecular weight is 296 g/mol. The van der Waals surface area contributed by atoms with Crippen molar-refractivity contribution in [1.29, 1.82) is 0 Å². The SMILES string of the molecule is C[C@@H]1CN(CC(=O)c2c(N)n(C)c(=O)n(C)c2=O)CCO1. The normalized spacial score (nSPS) is 19.7. The Labute approximate surface area is 121 Å². The summed E-state index contributed by atoms with van der Waals surface area (Å²) in [5, 5.41) is 0. The first-order chi connectivity index (χ1) is 9.82. The maximum absolute atomic E-state index is 12.4. The summed E-state index contributed by atoms with van der Waals surface area (Å²) in [6.07, 6.45) is 0.0480. The predicted molar refractivity (Wildman–Crippen MR) is 77.5 cm³/mol. The molecule has 21 heavy (non-hydrogen) atoms. The highest BCUT2D eigenvalue weighted by atomic mass is 16.5. The van der Waals surface area contributed by atoms with Crippen molar-refractivity contribution in [2.45, 2.75) is 13.0 Å². The number of rotatable bonds is 3. The van der Waals surface area contributed by atoms with Gasteiger partial charge in [0.15, 0.2) is 5.78 Å². The first-order valence-corrected chi connectivity index (χ1v) is 6.75. The van der Waals surface area contributed by atoms with Gasteiger partial charge < -0.3 is 10.5 Å². The molecule has 0 radical (unpaired) electrons. The zero-order valence-corrected chi connectivity index (χ0v) is 12.5. The lowest BCUT2D eigenvalue weighted by Crippen LogP contribution is -2.46. The molecule has 0 unspecified atom stereocenters. The van der Waals surface area contributed by atoms with Crippen molar-refractivity contribution in [3.05, 3.63) is 26.4 Å². The predicted octanol–water partition coefficient (Wildman–Crippen LogP) is -1.43. The molecule has 0 spiro atoms. The van der Waals surface area contributed by atoms with E-state index >= 15 is 0 Å². The lowest BCUT2D eigenvalue weighted by Gasteiger charge is -2.30. The van der Waals surface area contributed by atoms with Crippen molar-refractivity contribution in [2.75, 3.05) is 32.0 Å². The van der Waals surface area contributed by atoms with Gasteiger partial charge >= 0.3 is 5.69 Å². The van der Waals surface area contributed by atoms with E-state index in [4.69, 9.17) is 10.5 Å². The third-order valence-electron chi connectivity index (χ3n) is 3.68. The standard InChI is InChI=1S/C13H20N4O4/c1-8-6-17(4-5-21-8)7-9(18)10-11(14)15(2)13(20)16(3)12(10)19/h8H,4-7,14H2,1-3H3/t8-/m1/s1. The number of nitrogens with two attached hydrogens (primary N) is 1. The molecule has 1 fully saturated rings. The van der Waals surface area contributed by atoms with Gasteiger partial charge in [0.1, 0.15) is 11.4 Å². The van der Waals surface area contributed by atoms with Gasteiger partial charge in [0.25, 0.3) is 5.56 Å². The minimum absolute atomic E-state index is 0.0480. The number of morpholine rings is 1. The van der Waals surface area contributed by atoms with Gasteiger partial charge in [0.05, 0.1) is 19.3 Å². The molecule has 0 aliphatic carbocycles. The molecular weight excluding hydrogens is 276 g/mol. The molecule has 1 atom stereocenters. The molecule has 116 valence electrons. The molecule has 0 bridgehead atoms. The average Bonchev–Trinajstić information content (AvgIpc) is 2.43. The zero-order chi connectivity index (χ0) is 15.7. The van der Waals surface area contributed by atoms with Crippen molar-refractivity contribution < 1.29 is 9.53 Å². The Hall–Kier alpha value is -1.93. The number of hydrogen-bond acceptors (Lipinski definition) is 6. The van der Waals surface area contributed by atoms with Crippen LogP contribution in [0.5, 0.6) is 0 Å². The van der Waals surface area contributed by atoms with Crippen LogP contribution in [0.4, 0.5) is 5.82 Å². The van der Waals surface area contributed by atoms with Crippen LogP contribution in [0.3, 0.4) is 0 Å². The Bertz CT molecular complexity index is 676. The number of ether oxygens (including phenoxy) is 1. The van der Waals surface area contributed by atoms with E-state index in [0.717, 1.165) is 9.13 Å². The maximum Gasteiger partial charge on any atom is 0.332 e. The van der Waals surface area contributed by atoms with E-state index in [1.54, 1.807) is 0 Å². The molecule has 1 aromatic rings. The summed E-state index contributed by atoms with van der Waals surface area (Å²) in [5.74, 6) is -0.466. The number of carbonyl (C=O) groups excluding carboxylic acids is 1. The topological polar surface area (TPSA) is 99.6 Å². The number of aromatic nitrogens is 2. The smallest absolute Gasteiger partial charge is 0.332 e. The fourth-order valence-electron chi connectivity index (χ4n) is 2.44. The van der Waals surface area contributed by atoms with Crippen LogP contribution < -0.4 is 17.0 Å². The highest BCUT2D eigenvalue weighted by Crippen LogP contribution is 2.08. The van der Waals surface area contributed by atoms with Crippen LogP contribution in [-0.2, 0) is 18.8 Å². The minimum atomic E-state index is -0.651. The Morgan fingerprint density at radius 3 is 2.62 bits per heavy atom. The van der Waals surface area contributed by atoms with Crippen LogP contribution in [0, 0.1) is 0 Å². The van der Waals surface area contributed by atoms with E-state index in [2.05, 4.69) is 0 Å². The van der Waals surface area contributed by atoms with E-state index in [1.807, 2.05) is 11.8 Å². The molecule has 2 heterocycles. The van der Waals surface area contributed by atoms with Crippen LogP contribution in [-0.4, -0.2) is 52.2 Å². The molecule has 1 aliphatic heterocycles. The van der Waals surface area contributed by atoms with Crippen LogP contribution in [0.15, 0.2) is 9.59 Å². The summed E-state index contributed by atoms with van der Waals surface area (Å²) in [4.78, 5) is 38.1. The summed E-state index contributed by atoms with van der Waals surface area (Å²) in [7, 11) is 2.77. The number of ketones is 1. The lowest BCUT2D eigenvalue weighted by atomic mass is 10.1. The molecule has 1 aliphatic rings. The highest BCUT2D eigenvalue weighted by molar-refractivity contribution is 6.01. The summed E-state index contributed by atoms with van der Waals surface area (Å²) in [6, 6.07) is 0. The van der Waals surface area contributed by atoms with E-state index in [0.29, 0.717) is 19.7 Å². The van der Waals surface area contributed by atoms with Gasteiger partial charge in [-0.3, -0.25) is 23.6 Å². The molecule has 2 N–H and O–H groups in total. The quantitative estimate of drug-likeness (QED) is 0.687. The first kappa shape index (κ1) is 15.5. The van der Waals surface area contributed by atoms with Crippen molar-refractivity contribution in [3.63, 3.8) is 0 Å². The van der Waals surface area contributed by atoms with Gasteiger partial charge in [0.2, 0.25) is 0 Å². The van der Waals surface area contributed by atoms with Gasteiger partial charge in [-0.05, 0) is 6.92 Å². The van der Waals surface area contributed by atoms with Gasteiger partial charge in [-0.15, -0.1) is 0 Å². The molecule has 0 amide bonds. The second-order valence-electron chi connectivity index (χ2n) is 5.31. The molecule has 1 saturated heterocycles. The summed E-state index contributed by atoms with van der Waals surface area (Å²) >= 11 is 0. The fourth-order valence-corrected chi connectivity index (χ4v) is 2.44. The third-order valence-corrected chi connectivity index (χ3v) is 3.68. The second kappa shape index (κ2) is 5.82. The minimum Gasteiger partial charge on any atom is -0.384 e. The Morgan fingerprint density at radius 2 is 2.00 bits per heavy atom. The van der Waals surface area contributed by atoms with E-state index in [9.17, 15) is 14.4 Å². The van der Waals surface area contributed by atoms with E-state index in [1.165, 1.54) is 14.1 Å². The fraction of sp³-hybridized carbons (Fsp3) is 0.615. The maximum atomic E-state index is 12.4. The highest BCUT2D eigenvalue weighted by Gasteiger charge is 2.24. The number of nitrogen functional groups attached to an aromatic ring is 1. The van der Waals surface area contributed by atoms with Gasteiger partial charge in [0, 0.05) is 27.2 Å². The van der Waals surface area contributed by atoms with Crippen LogP contribution in [0.1, 0.15) is 17.3 Å². The van der Waals surface area contributed by atoms with Crippen LogP contribution >= 0.6 is 0 Å². The van der Waals surface area contributed by atoms with Crippen LogP contribution in [0.25, 0.3) is 0 Å². The number of nitrogens with zero attached hydrogens (tertiary/aromatic N) is 3. The molecule has 8 nitrogen and oxygen atoms in total. The van der Waals surface area contributed by atoms with E-state index < -0.39 is 11.2 Å². The number of carbonyl (C=O) groups is 1. The molecule has 0 saturated carbocycles. The van der Waals surface area contributed by atoms with Crippen LogP contribution in [0.2, 0.25) is 0 Å². The van der Waals surface area contributed by atoms with Crippen molar-refractivity contribution >= 4 is 11.6 Å². The summed E-state index contributed by atoms with van der Waals surface area (Å²) in [5.41, 5.74) is 4.45. The molecular formula is C13H20N4O4. The lowest BCUT2D eigenvalue weighted by molar-refractivity contribution is -0.0158. The second-order valence-corrected chi connectivity index (χ2v) is 5.31. The van der Waals surface area contributed by atoms with Crippen molar-refractivity contribution in [3.8, 4) is 0 Å². The monoisotopic (exact) mass is 296 g/mol. The van der Waals surface area contributed by atoms with Gasteiger partial charge in [-0.1, -0.05) is 0 Å². The third kappa shape index (κ3) is 2.91. The summed E-state index contributed by atoms with van der Waals surface area (Å²) < 4.78 is 7.41. The largest absolute Gasteiger partial charge is 0.384 e. The van der Waals surface area contributed by atoms with Gasteiger partial charge in [-0.2, -0.15) is 0 Å². The Kier molecular flexibility index (Phi) is 4.29. The Morgan fingerprint density at radius 1 is 1.33 bits per heavy atom. The van der Waals surface area contributed by atoms with E-state index in [-0.39, 0.29) is 29.8 Å². The molecule has 1 aromatic heterocycles. The van der Waals surface area contributed by atoms with Gasteiger partial charge in [-0.25, -0.2) is 4.79 Å².